The van der Waals surface area contributed by atoms with Gasteiger partial charge in [-0.15, -0.1) is 46.2 Å². The van der Waals surface area contributed by atoms with Crippen molar-refractivity contribution in [2.75, 3.05) is 6.61 Å². The molecule has 4 rings (SSSR count). The van der Waals surface area contributed by atoms with E-state index in [4.69, 9.17) is 4.43 Å². The molecule has 3 aromatic carbocycles. The van der Waals surface area contributed by atoms with Crippen molar-refractivity contribution in [3.8, 4) is 0 Å². The molecular weight excluding hydrogens is 519 g/mol. The fourth-order valence-electron chi connectivity index (χ4n) is 3.17. The summed E-state index contributed by atoms with van der Waals surface area (Å²) in [5.74, 6) is 0. The maximum Gasteiger partial charge on any atom is 0.183 e. The van der Waals surface area contributed by atoms with Gasteiger partial charge in [-0.1, -0.05) is 42.8 Å². The summed E-state index contributed by atoms with van der Waals surface area (Å²) in [6, 6.07) is 19.3. The minimum absolute atomic E-state index is 0. The molecule has 0 amide bonds. The normalized spacial score (nSPS) is 12.0. The molecule has 0 atom stereocenters. The summed E-state index contributed by atoms with van der Waals surface area (Å²) in [5.41, 5.74) is 1.36. The van der Waals surface area contributed by atoms with E-state index < -0.39 is 8.32 Å². The van der Waals surface area contributed by atoms with Gasteiger partial charge in [-0.05, 0) is 26.1 Å². The second-order valence-electron chi connectivity index (χ2n) is 7.98. The molecule has 0 aromatic heterocycles. The minimum Gasteiger partial charge on any atom is -1.00 e. The number of benzene rings is 2. The Morgan fingerprint density at radius 1 is 1.00 bits per heavy atom. The Labute approximate surface area is 216 Å². The quantitative estimate of drug-likeness (QED) is 0.265. The van der Waals surface area contributed by atoms with E-state index in [1.54, 1.807) is 0 Å². The Hall–Kier alpha value is -0.700. The summed E-state index contributed by atoms with van der Waals surface area (Å²) in [4.78, 5) is 0. The molecule has 5 heteroatoms. The summed E-state index contributed by atoms with van der Waals surface area (Å²) < 4.78 is 7.85. The Kier molecular flexibility index (Phi) is 15.6. The van der Waals surface area contributed by atoms with E-state index in [-0.39, 0.29) is 24.8 Å². The maximum atomic E-state index is 5.76. The number of hydrogen-bond donors (Lipinski definition) is 0. The molecule has 1 nitrogen and oxygen atoms in total. The standard InChI is InChI=1S/C13H9.C11H19OSi.C2H4.2ClH.Zr/c1-3-7-12-10(5-1)9-11-6-2-4-8-13(11)12;1-13(2,3)12-10-6-9-11-7-4-5-8-11;1-2;;;/h1-9H;4,7H,5-6,9-10H2,1-3H3;1H,2H3;2*1H;/q2*-1;;;;+2/p-2. The van der Waals surface area contributed by atoms with Crippen LogP contribution in [0.3, 0.4) is 0 Å². The van der Waals surface area contributed by atoms with Crippen LogP contribution in [-0.4, -0.2) is 18.6 Å². The van der Waals surface area contributed by atoms with Gasteiger partial charge in [0.05, 0.1) is 0 Å². The van der Waals surface area contributed by atoms with Crippen molar-refractivity contribution in [1.82, 2.24) is 0 Å². The predicted octanol–water partition coefficient (Wildman–Crippen LogP) is 1.38. The topological polar surface area (TPSA) is 9.23 Å². The molecule has 0 N–H and O–H groups in total. The number of rotatable bonds is 5. The van der Waals surface area contributed by atoms with Crippen LogP contribution in [0.25, 0.3) is 21.5 Å². The van der Waals surface area contributed by atoms with Crippen molar-refractivity contribution in [2.24, 2.45) is 0 Å². The largest absolute Gasteiger partial charge is 1.00 e. The van der Waals surface area contributed by atoms with Gasteiger partial charge in [0.2, 0.25) is 0 Å². The average molecular weight is 551 g/mol. The molecule has 0 bridgehead atoms. The van der Waals surface area contributed by atoms with Crippen LogP contribution in [0.5, 0.6) is 0 Å². The van der Waals surface area contributed by atoms with Crippen LogP contribution >= 0.6 is 0 Å². The molecule has 0 heterocycles. The first kappa shape index (κ1) is 30.3. The van der Waals surface area contributed by atoms with Crippen molar-refractivity contribution in [1.29, 1.82) is 0 Å². The molecule has 0 saturated carbocycles. The smallest absolute Gasteiger partial charge is 0.183 e. The van der Waals surface area contributed by atoms with Crippen LogP contribution in [0.15, 0.2) is 72.3 Å². The van der Waals surface area contributed by atoms with Gasteiger partial charge in [-0.25, -0.2) is 11.6 Å². The average Bonchev–Trinajstić information content (AvgIpc) is 3.33. The van der Waals surface area contributed by atoms with Gasteiger partial charge in [0, 0.05) is 6.61 Å². The molecule has 0 aliphatic heterocycles. The zero-order valence-corrected chi connectivity index (χ0v) is 23.9. The zero-order chi connectivity index (χ0) is 21.1. The summed E-state index contributed by atoms with van der Waals surface area (Å²) >= 11 is 1.51. The van der Waals surface area contributed by atoms with Crippen LogP contribution in [0, 0.1) is 6.08 Å². The molecule has 0 saturated heterocycles. The molecule has 0 radical (unpaired) electrons. The minimum atomic E-state index is -1.28. The second-order valence-corrected chi connectivity index (χ2v) is 13.9. The van der Waals surface area contributed by atoms with E-state index in [1.165, 1.54) is 51.4 Å². The van der Waals surface area contributed by atoms with Crippen molar-refractivity contribution in [3.63, 3.8) is 0 Å². The monoisotopic (exact) mass is 548 g/mol. The number of halogens is 2. The summed E-state index contributed by atoms with van der Waals surface area (Å²) in [7, 11) is -1.28. The van der Waals surface area contributed by atoms with Crippen LogP contribution in [0.2, 0.25) is 19.6 Å². The summed E-state index contributed by atoms with van der Waals surface area (Å²) in [6.45, 7) is 9.64. The number of allylic oxidation sites excluding steroid dienone is 4. The Bertz CT molecular complexity index is 920. The van der Waals surface area contributed by atoms with Gasteiger partial charge in [0.25, 0.3) is 0 Å². The van der Waals surface area contributed by atoms with E-state index >= 15 is 0 Å². The van der Waals surface area contributed by atoms with Crippen molar-refractivity contribution in [3.05, 3.63) is 78.4 Å². The van der Waals surface area contributed by atoms with E-state index in [1.807, 2.05) is 6.92 Å². The fraction of sp³-hybridized carbons (Fsp3) is 0.308. The van der Waals surface area contributed by atoms with Crippen LogP contribution < -0.4 is 24.8 Å². The van der Waals surface area contributed by atoms with Gasteiger partial charge < -0.3 is 29.2 Å². The van der Waals surface area contributed by atoms with Gasteiger partial charge in [-0.3, -0.25) is 6.08 Å². The molecule has 31 heavy (non-hydrogen) atoms. The number of hydrogen-bond acceptors (Lipinski definition) is 1. The van der Waals surface area contributed by atoms with Crippen molar-refractivity contribution < 1.29 is 53.5 Å². The van der Waals surface area contributed by atoms with E-state index in [2.05, 4.69) is 96.2 Å². The van der Waals surface area contributed by atoms with Gasteiger partial charge >= 0.3 is 34.9 Å². The third kappa shape index (κ3) is 11.1. The fourth-order valence-corrected chi connectivity index (χ4v) is 3.92. The zero-order valence-electron chi connectivity index (χ0n) is 18.9. The van der Waals surface area contributed by atoms with Crippen molar-refractivity contribution in [2.45, 2.75) is 45.8 Å². The Morgan fingerprint density at radius 2 is 1.52 bits per heavy atom. The molecule has 1 aliphatic rings. The van der Waals surface area contributed by atoms with Gasteiger partial charge in [0.1, 0.15) is 0 Å². The molecule has 0 spiro atoms. The van der Waals surface area contributed by atoms with Gasteiger partial charge in [0.15, 0.2) is 8.32 Å². The van der Waals surface area contributed by atoms with Crippen molar-refractivity contribution >= 4 is 33.6 Å². The third-order valence-electron chi connectivity index (χ3n) is 4.41. The first-order valence-corrected chi connectivity index (χ1v) is 15.2. The predicted molar refractivity (Wildman–Crippen MR) is 128 cm³/mol. The Morgan fingerprint density at radius 3 is 1.97 bits per heavy atom. The molecular formula is C26H32Cl2OSiZr-2. The number of fused-ring (bicyclic) bond motifs is 3. The van der Waals surface area contributed by atoms with Crippen LogP contribution in [-0.2, 0) is 28.7 Å². The third-order valence-corrected chi connectivity index (χ3v) is 5.48. The molecule has 0 unspecified atom stereocenters. The van der Waals surface area contributed by atoms with Crippen LogP contribution in [0.4, 0.5) is 0 Å². The molecule has 0 fully saturated rings. The maximum absolute atomic E-state index is 5.76. The van der Waals surface area contributed by atoms with Gasteiger partial charge in [-0.2, -0.15) is 6.08 Å². The van der Waals surface area contributed by atoms with E-state index in [0.717, 1.165) is 25.9 Å². The molecule has 166 valence electrons. The van der Waals surface area contributed by atoms with E-state index in [9.17, 15) is 0 Å². The first-order chi connectivity index (χ1) is 13.9. The Balaban J connectivity index is 0.000000488. The summed E-state index contributed by atoms with van der Waals surface area (Å²) in [6.07, 6.45) is 10.9. The second kappa shape index (κ2) is 16.0. The SMILES string of the molecule is C[CH]=[Zr+2].C[Si](C)(C)OCCCC1=[C-]CC=C1.[Cl-].[Cl-].c1ccc2c(c1)[cH-]c1ccccc12. The van der Waals surface area contributed by atoms with E-state index in [0.29, 0.717) is 0 Å². The summed E-state index contributed by atoms with van der Waals surface area (Å²) in [5, 5.41) is 5.39. The van der Waals surface area contributed by atoms with Crippen LogP contribution in [0.1, 0.15) is 26.2 Å². The molecule has 1 aliphatic carbocycles. The molecule has 3 aromatic rings. The first-order valence-electron chi connectivity index (χ1n) is 10.3.